The van der Waals surface area contributed by atoms with Gasteiger partial charge in [0.2, 0.25) is 0 Å². The molecule has 0 N–H and O–H groups in total. The lowest BCUT2D eigenvalue weighted by Crippen LogP contribution is -2.08. The predicted molar refractivity (Wildman–Crippen MR) is 118 cm³/mol. The van der Waals surface area contributed by atoms with E-state index in [1.54, 1.807) is 0 Å². The highest BCUT2D eigenvalue weighted by Crippen LogP contribution is 2.36. The van der Waals surface area contributed by atoms with Gasteiger partial charge in [0.15, 0.2) is 14.7 Å². The largest absolute Gasteiger partial charge is 0.166 e. The number of thioether (sulfide) groups is 1. The molecular formula is C24H27S2+. The zero-order valence-electron chi connectivity index (χ0n) is 15.3. The summed E-state index contributed by atoms with van der Waals surface area (Å²) >= 11 is 2.06. The van der Waals surface area contributed by atoms with E-state index in [9.17, 15) is 0 Å². The van der Waals surface area contributed by atoms with E-state index < -0.39 is 0 Å². The highest BCUT2D eigenvalue weighted by Gasteiger charge is 2.29. The maximum absolute atomic E-state index is 4.03. The monoisotopic (exact) mass is 379 g/mol. The molecule has 0 bridgehead atoms. The normalized spacial score (nSPS) is 16.8. The minimum absolute atomic E-state index is 0.141. The van der Waals surface area contributed by atoms with Gasteiger partial charge in [-0.05, 0) is 61.4 Å². The zero-order chi connectivity index (χ0) is 18.2. The maximum Gasteiger partial charge on any atom is 0.166 e. The van der Waals surface area contributed by atoms with Gasteiger partial charge < -0.3 is 0 Å². The summed E-state index contributed by atoms with van der Waals surface area (Å²) in [5, 5.41) is 0.798. The summed E-state index contributed by atoms with van der Waals surface area (Å²) < 4.78 is 0. The van der Waals surface area contributed by atoms with Gasteiger partial charge in [0, 0.05) is 10.1 Å². The second kappa shape index (κ2) is 9.89. The predicted octanol–water partition coefficient (Wildman–Crippen LogP) is 7.40. The second-order valence-electron chi connectivity index (χ2n) is 6.48. The van der Waals surface area contributed by atoms with Crippen LogP contribution in [0.15, 0.2) is 106 Å². The Kier molecular flexibility index (Phi) is 7.28. The number of hydrogen-bond donors (Lipinski definition) is 0. The first-order valence-corrected chi connectivity index (χ1v) is 11.4. The van der Waals surface area contributed by atoms with Crippen LogP contribution in [0.4, 0.5) is 0 Å². The van der Waals surface area contributed by atoms with Gasteiger partial charge in [0.05, 0.1) is 10.9 Å². The van der Waals surface area contributed by atoms with Crippen molar-refractivity contribution in [1.82, 2.24) is 0 Å². The van der Waals surface area contributed by atoms with Gasteiger partial charge in [-0.15, -0.1) is 11.8 Å². The molecule has 1 aliphatic rings. The maximum atomic E-state index is 4.03. The second-order valence-corrected chi connectivity index (χ2v) is 9.88. The van der Waals surface area contributed by atoms with E-state index in [4.69, 9.17) is 0 Å². The third-order valence-electron chi connectivity index (χ3n) is 4.61. The zero-order valence-corrected chi connectivity index (χ0v) is 16.9. The van der Waals surface area contributed by atoms with E-state index in [1.807, 2.05) is 12.2 Å². The molecule has 0 saturated heterocycles. The van der Waals surface area contributed by atoms with E-state index in [0.29, 0.717) is 0 Å². The molecule has 2 aromatic carbocycles. The lowest BCUT2D eigenvalue weighted by atomic mass is 10.0. The molecular weight excluding hydrogens is 352 g/mol. The van der Waals surface area contributed by atoms with E-state index in [2.05, 4.69) is 85.6 Å². The number of hydrogen-bond acceptors (Lipinski definition) is 1. The van der Waals surface area contributed by atoms with Crippen LogP contribution >= 0.6 is 11.8 Å². The van der Waals surface area contributed by atoms with Gasteiger partial charge >= 0.3 is 0 Å². The van der Waals surface area contributed by atoms with Crippen molar-refractivity contribution in [2.75, 3.05) is 0 Å². The molecule has 1 aliphatic carbocycles. The molecule has 0 radical (unpaired) electrons. The highest BCUT2D eigenvalue weighted by molar-refractivity contribution is 8.01. The SMILES string of the molecule is C=C/C=C(\C=C)[S+](c1ccccc1)c1ccc(SC2CCCCC2)cc1. The fraction of sp³-hybridized carbons (Fsp3) is 0.250. The molecule has 1 saturated carbocycles. The Morgan fingerprint density at radius 1 is 0.885 bits per heavy atom. The summed E-state index contributed by atoms with van der Waals surface area (Å²) in [6.45, 7) is 7.91. The average Bonchev–Trinajstić information content (AvgIpc) is 2.70. The summed E-state index contributed by atoms with van der Waals surface area (Å²) in [6, 6.07) is 19.9. The molecule has 2 aromatic rings. The van der Waals surface area contributed by atoms with Gasteiger partial charge in [0.25, 0.3) is 0 Å². The molecule has 0 amide bonds. The van der Waals surface area contributed by atoms with E-state index in [0.717, 1.165) is 5.25 Å². The Morgan fingerprint density at radius 2 is 1.54 bits per heavy atom. The lowest BCUT2D eigenvalue weighted by Gasteiger charge is -2.20. The number of rotatable bonds is 7. The molecule has 1 unspecified atom stereocenters. The smallest absolute Gasteiger partial charge is 0.123 e. The van der Waals surface area contributed by atoms with Crippen LogP contribution in [0.2, 0.25) is 0 Å². The first-order valence-electron chi connectivity index (χ1n) is 9.33. The van der Waals surface area contributed by atoms with Crippen molar-refractivity contribution >= 4 is 22.7 Å². The highest BCUT2D eigenvalue weighted by atomic mass is 32.2. The van der Waals surface area contributed by atoms with Crippen LogP contribution in [0.1, 0.15) is 32.1 Å². The minimum atomic E-state index is -0.141. The Morgan fingerprint density at radius 3 is 2.15 bits per heavy atom. The van der Waals surface area contributed by atoms with Gasteiger partial charge in [-0.1, -0.05) is 56.7 Å². The number of allylic oxidation sites excluding steroid dienone is 3. The fourth-order valence-corrected chi connectivity index (χ4v) is 6.63. The molecule has 134 valence electrons. The van der Waals surface area contributed by atoms with Crippen molar-refractivity contribution in [3.05, 3.63) is 90.9 Å². The quantitative estimate of drug-likeness (QED) is 0.356. The molecule has 26 heavy (non-hydrogen) atoms. The molecule has 0 aromatic heterocycles. The molecule has 1 fully saturated rings. The standard InChI is InChI=1S/C24H27S2/c1-3-11-22(4-2)26(23-14-9-6-10-15-23)24-18-16-21(17-19-24)25-20-12-7-5-8-13-20/h3-4,6,9-11,14-20H,1-2,5,7-8,12-13H2/q+1/b22-11+. The summed E-state index contributed by atoms with van der Waals surface area (Å²) in [4.78, 5) is 5.24. The van der Waals surface area contributed by atoms with Crippen LogP contribution in [0.3, 0.4) is 0 Å². The topological polar surface area (TPSA) is 0 Å². The first-order chi connectivity index (χ1) is 12.8. The van der Waals surface area contributed by atoms with E-state index >= 15 is 0 Å². The van der Waals surface area contributed by atoms with Crippen LogP contribution in [-0.2, 0) is 10.9 Å². The van der Waals surface area contributed by atoms with Crippen LogP contribution in [0.5, 0.6) is 0 Å². The van der Waals surface area contributed by atoms with Crippen molar-refractivity contribution in [2.45, 2.75) is 52.0 Å². The molecule has 2 heteroatoms. The van der Waals surface area contributed by atoms with Crippen molar-refractivity contribution in [3.63, 3.8) is 0 Å². The molecule has 0 nitrogen and oxygen atoms in total. The van der Waals surface area contributed by atoms with Crippen LogP contribution in [0, 0.1) is 0 Å². The summed E-state index contributed by atoms with van der Waals surface area (Å²) in [7, 11) is -0.141. The van der Waals surface area contributed by atoms with Crippen molar-refractivity contribution in [1.29, 1.82) is 0 Å². The van der Waals surface area contributed by atoms with Gasteiger partial charge in [0.1, 0.15) is 0 Å². The van der Waals surface area contributed by atoms with Crippen LogP contribution in [0.25, 0.3) is 0 Å². The molecule has 3 rings (SSSR count). The Hall–Kier alpha value is -1.64. The van der Waals surface area contributed by atoms with Gasteiger partial charge in [-0.2, -0.15) is 0 Å². The first kappa shape index (κ1) is 19.1. The van der Waals surface area contributed by atoms with Crippen LogP contribution < -0.4 is 0 Å². The van der Waals surface area contributed by atoms with E-state index in [-0.39, 0.29) is 10.9 Å². The Balaban J connectivity index is 1.85. The lowest BCUT2D eigenvalue weighted by molar-refractivity contribution is 0.516. The summed E-state index contributed by atoms with van der Waals surface area (Å²) in [5.41, 5.74) is 0. The molecule has 0 aliphatic heterocycles. The van der Waals surface area contributed by atoms with Gasteiger partial charge in [-0.25, -0.2) is 0 Å². The third-order valence-corrected chi connectivity index (χ3v) is 8.22. The van der Waals surface area contributed by atoms with Crippen molar-refractivity contribution in [3.8, 4) is 0 Å². The average molecular weight is 380 g/mol. The molecule has 1 atom stereocenters. The third kappa shape index (κ3) is 4.96. The molecule has 0 spiro atoms. The van der Waals surface area contributed by atoms with Crippen LogP contribution in [-0.4, -0.2) is 5.25 Å². The Bertz CT molecular complexity index is 738. The van der Waals surface area contributed by atoms with Gasteiger partial charge in [-0.3, -0.25) is 0 Å². The minimum Gasteiger partial charge on any atom is -0.123 e. The summed E-state index contributed by atoms with van der Waals surface area (Å²) in [5.74, 6) is 0. The van der Waals surface area contributed by atoms with Crippen molar-refractivity contribution in [2.24, 2.45) is 0 Å². The van der Waals surface area contributed by atoms with Crippen molar-refractivity contribution < 1.29 is 0 Å². The molecule has 0 heterocycles. The fourth-order valence-electron chi connectivity index (χ4n) is 3.33. The Labute approximate surface area is 165 Å². The van der Waals surface area contributed by atoms with E-state index in [1.165, 1.54) is 51.7 Å². The summed E-state index contributed by atoms with van der Waals surface area (Å²) in [6.07, 6.45) is 12.8. The number of benzene rings is 2.